The van der Waals surface area contributed by atoms with E-state index in [9.17, 15) is 4.79 Å². The molecule has 1 heterocycles. The van der Waals surface area contributed by atoms with Crippen LogP contribution in [0.15, 0.2) is 94.6 Å². The number of rotatable bonds is 8. The molecule has 0 bridgehead atoms. The van der Waals surface area contributed by atoms with E-state index in [-0.39, 0.29) is 5.91 Å². The standard InChI is InChI=1S/C24H21ClN4O2S/c1-17(23(30)29(20-11-4-2-5-12-20)21-13-6-3-7-14-21)32-24-28-27-22(31-24)16-26-19-10-8-9-18(25)15-19/h2-15,17,26H,16H2,1H3/t17-/m0/s1. The number of benzene rings is 3. The van der Waals surface area contributed by atoms with E-state index in [2.05, 4.69) is 15.5 Å². The van der Waals surface area contributed by atoms with Crippen LogP contribution in [-0.2, 0) is 11.3 Å². The zero-order valence-corrected chi connectivity index (χ0v) is 18.9. The zero-order chi connectivity index (χ0) is 22.3. The summed E-state index contributed by atoms with van der Waals surface area (Å²) in [6.45, 7) is 2.19. The van der Waals surface area contributed by atoms with Crippen LogP contribution in [-0.4, -0.2) is 21.4 Å². The summed E-state index contributed by atoms with van der Waals surface area (Å²) in [5.74, 6) is 0.347. The van der Waals surface area contributed by atoms with Gasteiger partial charge in [0.2, 0.25) is 11.8 Å². The summed E-state index contributed by atoms with van der Waals surface area (Å²) in [7, 11) is 0. The topological polar surface area (TPSA) is 71.3 Å². The number of nitrogens with zero attached hydrogens (tertiary/aromatic N) is 3. The third-order valence-electron chi connectivity index (χ3n) is 4.59. The lowest BCUT2D eigenvalue weighted by molar-refractivity contribution is -0.117. The van der Waals surface area contributed by atoms with Crippen molar-refractivity contribution in [2.45, 2.75) is 23.9 Å². The first kappa shape index (κ1) is 21.9. The Hall–Kier alpha value is -3.29. The molecule has 1 N–H and O–H groups in total. The highest BCUT2D eigenvalue weighted by atomic mass is 35.5. The lowest BCUT2D eigenvalue weighted by atomic mass is 10.2. The molecule has 1 amide bonds. The predicted molar refractivity (Wildman–Crippen MR) is 128 cm³/mol. The highest BCUT2D eigenvalue weighted by molar-refractivity contribution is 8.00. The number of aromatic nitrogens is 2. The number of hydrogen-bond donors (Lipinski definition) is 1. The van der Waals surface area contributed by atoms with Gasteiger partial charge in [0.05, 0.1) is 11.8 Å². The minimum atomic E-state index is -0.440. The number of nitrogens with one attached hydrogen (secondary N) is 1. The van der Waals surface area contributed by atoms with Crippen LogP contribution >= 0.6 is 23.4 Å². The van der Waals surface area contributed by atoms with Crippen molar-refractivity contribution in [3.8, 4) is 0 Å². The van der Waals surface area contributed by atoms with Crippen LogP contribution in [0.25, 0.3) is 0 Å². The van der Waals surface area contributed by atoms with Gasteiger partial charge < -0.3 is 9.73 Å². The number of carbonyl (C=O) groups is 1. The summed E-state index contributed by atoms with van der Waals surface area (Å²) in [6, 6.07) is 26.5. The van der Waals surface area contributed by atoms with Crippen molar-refractivity contribution in [2.24, 2.45) is 0 Å². The molecule has 0 saturated heterocycles. The average Bonchev–Trinajstić information content (AvgIpc) is 3.26. The van der Waals surface area contributed by atoms with Crippen LogP contribution in [0.2, 0.25) is 5.02 Å². The first-order chi connectivity index (χ1) is 15.6. The second kappa shape index (κ2) is 10.3. The number of para-hydroxylation sites is 2. The maximum absolute atomic E-state index is 13.4. The van der Waals surface area contributed by atoms with E-state index in [0.717, 1.165) is 17.1 Å². The highest BCUT2D eigenvalue weighted by Crippen LogP contribution is 2.30. The molecule has 4 aromatic rings. The molecule has 0 spiro atoms. The number of amides is 1. The summed E-state index contributed by atoms with van der Waals surface area (Å²) in [5.41, 5.74) is 2.45. The van der Waals surface area contributed by atoms with Gasteiger partial charge in [-0.05, 0) is 49.4 Å². The summed E-state index contributed by atoms with van der Waals surface area (Å²) >= 11 is 7.23. The average molecular weight is 465 g/mol. The summed E-state index contributed by atoms with van der Waals surface area (Å²) in [6.07, 6.45) is 0. The lowest BCUT2D eigenvalue weighted by Crippen LogP contribution is -2.32. The van der Waals surface area contributed by atoms with Gasteiger partial charge in [0.15, 0.2) is 0 Å². The molecule has 0 aliphatic rings. The maximum Gasteiger partial charge on any atom is 0.277 e. The molecule has 0 unspecified atom stereocenters. The molecule has 0 aliphatic heterocycles. The SMILES string of the molecule is C[C@H](Sc1nnc(CNc2cccc(Cl)c2)o1)C(=O)N(c1ccccc1)c1ccccc1. The molecule has 4 rings (SSSR count). The molecule has 6 nitrogen and oxygen atoms in total. The molecule has 0 fully saturated rings. The molecule has 0 aliphatic carbocycles. The van der Waals surface area contributed by atoms with Gasteiger partial charge in [0, 0.05) is 22.1 Å². The second-order valence-corrected chi connectivity index (χ2v) is 8.66. The molecule has 0 radical (unpaired) electrons. The molecule has 1 aromatic heterocycles. The number of halogens is 1. The Bertz CT molecular complexity index is 1130. The van der Waals surface area contributed by atoms with Gasteiger partial charge in [-0.25, -0.2) is 0 Å². The smallest absolute Gasteiger partial charge is 0.277 e. The highest BCUT2D eigenvalue weighted by Gasteiger charge is 2.26. The Balaban J connectivity index is 1.44. The van der Waals surface area contributed by atoms with Crippen molar-refractivity contribution in [3.63, 3.8) is 0 Å². The van der Waals surface area contributed by atoms with Gasteiger partial charge in [-0.3, -0.25) is 9.69 Å². The van der Waals surface area contributed by atoms with Crippen LogP contribution in [0.1, 0.15) is 12.8 Å². The van der Waals surface area contributed by atoms with Crippen molar-refractivity contribution in [1.82, 2.24) is 10.2 Å². The first-order valence-electron chi connectivity index (χ1n) is 10.0. The van der Waals surface area contributed by atoms with Crippen LogP contribution in [0.5, 0.6) is 0 Å². The maximum atomic E-state index is 13.4. The largest absolute Gasteiger partial charge is 0.414 e. The Labute approximate surface area is 195 Å². The Morgan fingerprint density at radius 3 is 2.28 bits per heavy atom. The molecule has 3 aromatic carbocycles. The van der Waals surface area contributed by atoms with Gasteiger partial charge in [-0.15, -0.1) is 10.2 Å². The van der Waals surface area contributed by atoms with E-state index in [1.54, 1.807) is 11.0 Å². The van der Waals surface area contributed by atoms with E-state index in [0.29, 0.717) is 22.7 Å². The van der Waals surface area contributed by atoms with Gasteiger partial charge in [-0.2, -0.15) is 0 Å². The Morgan fingerprint density at radius 2 is 1.66 bits per heavy atom. The second-order valence-electron chi connectivity index (χ2n) is 6.93. The summed E-state index contributed by atoms with van der Waals surface area (Å²) in [5, 5.41) is 11.9. The molecule has 162 valence electrons. The van der Waals surface area contributed by atoms with Crippen molar-refractivity contribution in [3.05, 3.63) is 95.8 Å². The van der Waals surface area contributed by atoms with Gasteiger partial charge in [0.1, 0.15) is 0 Å². The lowest BCUT2D eigenvalue weighted by Gasteiger charge is -2.25. The van der Waals surface area contributed by atoms with E-state index < -0.39 is 5.25 Å². The summed E-state index contributed by atoms with van der Waals surface area (Å²) in [4.78, 5) is 15.1. The third-order valence-corrected chi connectivity index (χ3v) is 5.75. The minimum absolute atomic E-state index is 0.0794. The molecule has 32 heavy (non-hydrogen) atoms. The fourth-order valence-electron chi connectivity index (χ4n) is 3.07. The Morgan fingerprint density at radius 1 is 1.00 bits per heavy atom. The quantitative estimate of drug-likeness (QED) is 0.314. The van der Waals surface area contributed by atoms with Crippen LogP contribution < -0.4 is 10.2 Å². The van der Waals surface area contributed by atoms with Crippen LogP contribution in [0.3, 0.4) is 0 Å². The first-order valence-corrected chi connectivity index (χ1v) is 11.3. The van der Waals surface area contributed by atoms with E-state index in [1.807, 2.05) is 85.8 Å². The van der Waals surface area contributed by atoms with Gasteiger partial charge in [0.25, 0.3) is 5.22 Å². The summed E-state index contributed by atoms with van der Waals surface area (Å²) < 4.78 is 5.72. The van der Waals surface area contributed by atoms with E-state index in [4.69, 9.17) is 16.0 Å². The van der Waals surface area contributed by atoms with Crippen molar-refractivity contribution < 1.29 is 9.21 Å². The predicted octanol–water partition coefficient (Wildman–Crippen LogP) is 6.18. The molecule has 8 heteroatoms. The fourth-order valence-corrected chi connectivity index (χ4v) is 4.01. The van der Waals surface area contributed by atoms with Crippen LogP contribution in [0.4, 0.5) is 17.1 Å². The van der Waals surface area contributed by atoms with Crippen LogP contribution in [0, 0.1) is 0 Å². The van der Waals surface area contributed by atoms with Gasteiger partial charge in [-0.1, -0.05) is 65.8 Å². The van der Waals surface area contributed by atoms with Crippen molar-refractivity contribution >= 4 is 46.3 Å². The number of hydrogen-bond acceptors (Lipinski definition) is 6. The molecule has 0 saturated carbocycles. The minimum Gasteiger partial charge on any atom is -0.414 e. The number of carbonyl (C=O) groups excluding carboxylic acids is 1. The normalized spacial score (nSPS) is 11.7. The molecule has 1 atom stereocenters. The van der Waals surface area contributed by atoms with Gasteiger partial charge >= 0.3 is 0 Å². The van der Waals surface area contributed by atoms with E-state index in [1.165, 1.54) is 11.8 Å². The molecular formula is C24H21ClN4O2S. The van der Waals surface area contributed by atoms with Crippen molar-refractivity contribution in [2.75, 3.05) is 10.2 Å². The number of anilines is 3. The zero-order valence-electron chi connectivity index (χ0n) is 17.3. The fraction of sp³-hybridized carbons (Fsp3) is 0.125. The monoisotopic (exact) mass is 464 g/mol. The third kappa shape index (κ3) is 5.49. The Kier molecular flexibility index (Phi) is 7.09. The van der Waals surface area contributed by atoms with E-state index >= 15 is 0 Å². The number of thioether (sulfide) groups is 1. The molecular weight excluding hydrogens is 444 g/mol. The van der Waals surface area contributed by atoms with Crippen molar-refractivity contribution in [1.29, 1.82) is 0 Å².